The fraction of sp³-hybridized carbons (Fsp3) is 0.200. The number of pyridine rings is 1. The van der Waals surface area contributed by atoms with Gasteiger partial charge in [0.1, 0.15) is 12.2 Å². The van der Waals surface area contributed by atoms with Gasteiger partial charge in [0, 0.05) is 11.5 Å². The summed E-state index contributed by atoms with van der Waals surface area (Å²) in [5.74, 6) is 1.34. The molecule has 7 heteroatoms. The van der Waals surface area contributed by atoms with Crippen LogP contribution in [0, 0.1) is 0 Å². The molecule has 27 heavy (non-hydrogen) atoms. The minimum Gasteiger partial charge on any atom is -1.00 e. The molecular weight excluding hydrogens is 370 g/mol. The second kappa shape index (κ2) is 9.09. The van der Waals surface area contributed by atoms with Crippen LogP contribution in [0.1, 0.15) is 15.9 Å². The number of benzene rings is 2. The third-order valence-electron chi connectivity index (χ3n) is 4.02. The maximum Gasteiger partial charge on any atom is 0.344 e. The quantitative estimate of drug-likeness (QED) is 0.557. The second-order valence-electron chi connectivity index (χ2n) is 5.57. The number of aromatic nitrogens is 1. The minimum absolute atomic E-state index is 0. The zero-order chi connectivity index (χ0) is 18.5. The van der Waals surface area contributed by atoms with Gasteiger partial charge in [0.05, 0.1) is 21.3 Å². The summed E-state index contributed by atoms with van der Waals surface area (Å²) in [5, 5.41) is 1.79. The minimum atomic E-state index is -0.383. The van der Waals surface area contributed by atoms with E-state index in [1.165, 1.54) is 0 Å². The third kappa shape index (κ3) is 4.23. The molecule has 3 rings (SSSR count). The van der Waals surface area contributed by atoms with E-state index in [9.17, 15) is 4.79 Å². The summed E-state index contributed by atoms with van der Waals surface area (Å²) in [6, 6.07) is 11.1. The molecule has 3 aromatic rings. The van der Waals surface area contributed by atoms with Gasteiger partial charge in [-0.15, -0.1) is 0 Å². The standard InChI is InChI=1S/C20H19NO5.ClH/c1-23-17-10-15-9-13(6-7-16(15)18(24-2)19(17)25-3)12-26-20(22)14-5-4-8-21-11-14;/h4-11H,12H2,1-3H3;1H. The normalized spacial score (nSPS) is 10.0. The van der Waals surface area contributed by atoms with E-state index in [0.29, 0.717) is 22.8 Å². The van der Waals surface area contributed by atoms with Crippen LogP contribution in [-0.2, 0) is 11.3 Å². The van der Waals surface area contributed by atoms with Crippen molar-refractivity contribution in [3.63, 3.8) is 0 Å². The second-order valence-corrected chi connectivity index (χ2v) is 5.57. The van der Waals surface area contributed by atoms with E-state index in [0.717, 1.165) is 16.3 Å². The Morgan fingerprint density at radius 1 is 1.00 bits per heavy atom. The Kier molecular flexibility index (Phi) is 6.85. The zero-order valence-electron chi connectivity index (χ0n) is 15.2. The molecule has 0 atom stereocenters. The summed E-state index contributed by atoms with van der Waals surface area (Å²) in [6.45, 7) is 0.167. The lowest BCUT2D eigenvalue weighted by atomic mass is 10.0. The van der Waals surface area contributed by atoms with Crippen LogP contribution in [0.5, 0.6) is 17.2 Å². The van der Waals surface area contributed by atoms with Gasteiger partial charge in [0.25, 0.3) is 0 Å². The molecule has 0 aliphatic carbocycles. The topological polar surface area (TPSA) is 68.1 Å². The summed E-state index contributed by atoms with van der Waals surface area (Å²) >= 11 is 0. The van der Waals surface area contributed by atoms with Gasteiger partial charge in [-0.25, -0.2) is 9.78 Å². The number of aromatic amines is 1. The van der Waals surface area contributed by atoms with Gasteiger partial charge < -0.3 is 31.4 Å². The Balaban J connectivity index is 0.00000261. The van der Waals surface area contributed by atoms with E-state index in [1.54, 1.807) is 45.9 Å². The molecule has 1 heterocycles. The Hall–Kier alpha value is -2.99. The van der Waals surface area contributed by atoms with E-state index in [4.69, 9.17) is 18.9 Å². The number of hydrogen-bond acceptors (Lipinski definition) is 5. The van der Waals surface area contributed by atoms with Gasteiger partial charge in [-0.2, -0.15) is 0 Å². The maximum atomic E-state index is 12.1. The first kappa shape index (κ1) is 20.3. The molecule has 0 aliphatic rings. The lowest BCUT2D eigenvalue weighted by Crippen LogP contribution is -3.00. The highest BCUT2D eigenvalue weighted by Gasteiger charge is 2.16. The van der Waals surface area contributed by atoms with Gasteiger partial charge >= 0.3 is 5.97 Å². The smallest absolute Gasteiger partial charge is 0.344 e. The Bertz CT molecular complexity index is 931. The molecule has 0 fully saturated rings. The highest BCUT2D eigenvalue weighted by molar-refractivity contribution is 5.93. The molecule has 0 unspecified atom stereocenters. The van der Waals surface area contributed by atoms with Gasteiger partial charge in [0.15, 0.2) is 23.9 Å². The van der Waals surface area contributed by atoms with Crippen LogP contribution >= 0.6 is 0 Å². The zero-order valence-corrected chi connectivity index (χ0v) is 16.0. The Morgan fingerprint density at radius 3 is 2.41 bits per heavy atom. The highest BCUT2D eigenvalue weighted by atomic mass is 35.5. The molecule has 0 saturated carbocycles. The van der Waals surface area contributed by atoms with Crippen LogP contribution in [0.25, 0.3) is 10.8 Å². The van der Waals surface area contributed by atoms with Crippen molar-refractivity contribution in [3.8, 4) is 17.2 Å². The molecule has 0 spiro atoms. The van der Waals surface area contributed by atoms with Crippen molar-refractivity contribution in [2.75, 3.05) is 21.3 Å². The first-order valence-corrected chi connectivity index (χ1v) is 8.02. The third-order valence-corrected chi connectivity index (χ3v) is 4.02. The number of H-pyrrole nitrogens is 1. The molecule has 0 radical (unpaired) electrons. The number of carbonyl (C=O) groups excluding carboxylic acids is 1. The average Bonchev–Trinajstić information content (AvgIpc) is 2.70. The summed E-state index contributed by atoms with van der Waals surface area (Å²) in [4.78, 5) is 14.9. The van der Waals surface area contributed by atoms with Gasteiger partial charge in [-0.3, -0.25) is 0 Å². The Morgan fingerprint density at radius 2 is 1.78 bits per heavy atom. The van der Waals surface area contributed by atoms with E-state index in [1.807, 2.05) is 24.3 Å². The largest absolute Gasteiger partial charge is 1.00 e. The number of methoxy groups -OCH3 is 3. The van der Waals surface area contributed by atoms with E-state index < -0.39 is 0 Å². The number of halogens is 1. The predicted molar refractivity (Wildman–Crippen MR) is 95.7 cm³/mol. The van der Waals surface area contributed by atoms with Crippen LogP contribution in [0.3, 0.4) is 0 Å². The molecule has 1 aromatic heterocycles. The van der Waals surface area contributed by atoms with Crippen LogP contribution < -0.4 is 31.6 Å². The van der Waals surface area contributed by atoms with Crippen LogP contribution in [0.15, 0.2) is 48.8 Å². The van der Waals surface area contributed by atoms with Crippen molar-refractivity contribution in [1.82, 2.24) is 0 Å². The fourth-order valence-electron chi connectivity index (χ4n) is 2.77. The number of fused-ring (bicyclic) bond motifs is 1. The predicted octanol–water partition coefficient (Wildman–Crippen LogP) is 0.0407. The van der Waals surface area contributed by atoms with Gasteiger partial charge in [-0.1, -0.05) is 12.1 Å². The number of ether oxygens (including phenoxy) is 4. The number of carbonyl (C=O) groups is 1. The number of hydrogen-bond donors (Lipinski definition) is 0. The Labute approximate surface area is 163 Å². The maximum absolute atomic E-state index is 12.1. The first-order valence-electron chi connectivity index (χ1n) is 8.02. The van der Waals surface area contributed by atoms with E-state index >= 15 is 0 Å². The number of esters is 1. The van der Waals surface area contributed by atoms with Gasteiger partial charge in [0.2, 0.25) is 5.75 Å². The van der Waals surface area contributed by atoms with E-state index in [-0.39, 0.29) is 25.0 Å². The molecule has 0 bridgehead atoms. The van der Waals surface area contributed by atoms with Crippen LogP contribution in [0.2, 0.25) is 0 Å². The van der Waals surface area contributed by atoms with Crippen molar-refractivity contribution < 1.29 is 41.1 Å². The fourth-order valence-corrected chi connectivity index (χ4v) is 2.77. The lowest BCUT2D eigenvalue weighted by molar-refractivity contribution is -0.378. The molecule has 0 saturated heterocycles. The van der Waals surface area contributed by atoms with Crippen molar-refractivity contribution in [2.45, 2.75) is 6.61 Å². The summed E-state index contributed by atoms with van der Waals surface area (Å²) < 4.78 is 21.7. The molecule has 2 aromatic carbocycles. The highest BCUT2D eigenvalue weighted by Crippen LogP contribution is 2.43. The molecule has 6 nitrogen and oxygen atoms in total. The van der Waals surface area contributed by atoms with Crippen molar-refractivity contribution >= 4 is 16.7 Å². The molecule has 1 N–H and O–H groups in total. The summed E-state index contributed by atoms with van der Waals surface area (Å²) in [5.41, 5.74) is 1.33. The molecular formula is C20H20ClNO5. The molecule has 0 aliphatic heterocycles. The SMILES string of the molecule is COc1cc2cc(COC(=O)c3ccc[nH+]c3)ccc2c(OC)c1OC.[Cl-]. The summed E-state index contributed by atoms with van der Waals surface area (Å²) in [7, 11) is 4.73. The van der Waals surface area contributed by atoms with Crippen molar-refractivity contribution in [1.29, 1.82) is 0 Å². The van der Waals surface area contributed by atoms with Crippen molar-refractivity contribution in [3.05, 3.63) is 59.9 Å². The monoisotopic (exact) mass is 389 g/mol. The first-order chi connectivity index (χ1) is 12.7. The summed E-state index contributed by atoms with van der Waals surface area (Å²) in [6.07, 6.45) is 3.33. The molecule has 0 amide bonds. The molecule has 142 valence electrons. The lowest BCUT2D eigenvalue weighted by Gasteiger charge is -2.15. The number of nitrogens with one attached hydrogen (secondary N) is 1. The van der Waals surface area contributed by atoms with Gasteiger partial charge in [-0.05, 0) is 29.1 Å². The van der Waals surface area contributed by atoms with Crippen LogP contribution in [-0.4, -0.2) is 27.3 Å². The number of rotatable bonds is 6. The van der Waals surface area contributed by atoms with Crippen molar-refractivity contribution in [2.24, 2.45) is 0 Å². The van der Waals surface area contributed by atoms with E-state index in [2.05, 4.69) is 4.98 Å². The average molecular weight is 390 g/mol. The van der Waals surface area contributed by atoms with Crippen LogP contribution in [0.4, 0.5) is 0 Å².